The third-order valence-corrected chi connectivity index (χ3v) is 3.45. The van der Waals surface area contributed by atoms with Crippen molar-refractivity contribution in [3.05, 3.63) is 37.9 Å². The van der Waals surface area contributed by atoms with Crippen LogP contribution in [0.3, 0.4) is 0 Å². The second-order valence-electron chi connectivity index (χ2n) is 3.27. The van der Waals surface area contributed by atoms with Gasteiger partial charge in [-0.05, 0) is 34.1 Å². The minimum absolute atomic E-state index is 0.0179. The van der Waals surface area contributed by atoms with E-state index in [1.54, 1.807) is 12.1 Å². The molecule has 1 aromatic carbocycles. The van der Waals surface area contributed by atoms with Gasteiger partial charge in [-0.1, -0.05) is 27.5 Å². The Kier molecular flexibility index (Phi) is 3.40. The molecule has 0 bridgehead atoms. The van der Waals surface area contributed by atoms with Crippen LogP contribution < -0.4 is 0 Å². The number of aromatic nitrogens is 1. The molecule has 0 radical (unpaired) electrons. The summed E-state index contributed by atoms with van der Waals surface area (Å²) in [5.41, 5.74) is -0.814. The molecule has 1 aromatic heterocycles. The highest BCUT2D eigenvalue weighted by Gasteiger charge is 2.33. The minimum atomic E-state index is -4.51. The fraction of sp³-hybridized carbons (Fsp3) is 0.100. The highest BCUT2D eigenvalue weighted by Crippen LogP contribution is 2.36. The summed E-state index contributed by atoms with van der Waals surface area (Å²) in [6, 6.07) is 4.06. The molecule has 2 rings (SSSR count). The van der Waals surface area contributed by atoms with Crippen molar-refractivity contribution in [1.82, 2.24) is 4.98 Å². The van der Waals surface area contributed by atoms with Gasteiger partial charge in [0.15, 0.2) is 0 Å². The number of hydrogen-bond acceptors (Lipinski definition) is 1. The first-order valence-corrected chi connectivity index (χ1v) is 6.28. The van der Waals surface area contributed by atoms with Crippen LogP contribution in [0, 0.1) is 0 Å². The molecular weight excluding hydrogens is 386 g/mol. The minimum Gasteiger partial charge on any atom is -0.242 e. The van der Waals surface area contributed by atoms with Gasteiger partial charge in [-0.25, -0.2) is 4.98 Å². The van der Waals surface area contributed by atoms with Crippen molar-refractivity contribution in [2.24, 2.45) is 0 Å². The van der Waals surface area contributed by atoms with Gasteiger partial charge in [-0.15, -0.1) is 0 Å². The highest BCUT2D eigenvalue weighted by molar-refractivity contribution is 9.11. The first-order valence-electron chi connectivity index (χ1n) is 4.31. The lowest BCUT2D eigenvalue weighted by atomic mass is 10.2. The number of pyridine rings is 1. The Morgan fingerprint density at radius 3 is 2.35 bits per heavy atom. The molecule has 0 N–H and O–H groups in total. The second kappa shape index (κ2) is 4.40. The Labute approximate surface area is 116 Å². The summed E-state index contributed by atoms with van der Waals surface area (Å²) in [5, 5.41) is 0.477. The predicted octanol–water partition coefficient (Wildman–Crippen LogP) is 5.43. The molecular formula is C10H3Br2ClF3N. The lowest BCUT2D eigenvalue weighted by Gasteiger charge is -2.09. The Morgan fingerprint density at radius 2 is 1.76 bits per heavy atom. The van der Waals surface area contributed by atoms with Crippen molar-refractivity contribution in [1.29, 1.82) is 0 Å². The van der Waals surface area contributed by atoms with E-state index < -0.39 is 11.9 Å². The Morgan fingerprint density at radius 1 is 1.12 bits per heavy atom. The summed E-state index contributed by atoms with van der Waals surface area (Å²) in [6.45, 7) is 0. The summed E-state index contributed by atoms with van der Waals surface area (Å²) in [6.07, 6.45) is -4.51. The molecule has 90 valence electrons. The maximum Gasteiger partial charge on any atom is 0.433 e. The van der Waals surface area contributed by atoms with E-state index in [2.05, 4.69) is 36.8 Å². The van der Waals surface area contributed by atoms with Crippen LogP contribution in [0.1, 0.15) is 5.69 Å². The first-order chi connectivity index (χ1) is 7.79. The van der Waals surface area contributed by atoms with Crippen LogP contribution in [0.2, 0.25) is 5.02 Å². The van der Waals surface area contributed by atoms with Gasteiger partial charge < -0.3 is 0 Å². The van der Waals surface area contributed by atoms with E-state index in [0.29, 0.717) is 14.3 Å². The van der Waals surface area contributed by atoms with Crippen molar-refractivity contribution in [3.8, 4) is 0 Å². The van der Waals surface area contributed by atoms with E-state index in [0.717, 1.165) is 6.07 Å². The normalized spacial score (nSPS) is 12.1. The van der Waals surface area contributed by atoms with Gasteiger partial charge in [-0.2, -0.15) is 13.2 Å². The number of alkyl halides is 3. The van der Waals surface area contributed by atoms with E-state index in [-0.39, 0.29) is 10.5 Å². The van der Waals surface area contributed by atoms with Crippen LogP contribution in [-0.4, -0.2) is 4.98 Å². The second-order valence-corrected chi connectivity index (χ2v) is 5.45. The molecule has 0 atom stereocenters. The van der Waals surface area contributed by atoms with Crippen molar-refractivity contribution in [3.63, 3.8) is 0 Å². The molecule has 1 heterocycles. The first kappa shape index (κ1) is 13.1. The molecule has 0 unspecified atom stereocenters. The van der Waals surface area contributed by atoms with E-state index >= 15 is 0 Å². The van der Waals surface area contributed by atoms with Gasteiger partial charge in [0.25, 0.3) is 0 Å². The SMILES string of the molecule is FC(F)(F)c1cc(Cl)c2cc(Br)cc(Br)c2n1. The molecule has 7 heteroatoms. The molecule has 2 aromatic rings. The lowest BCUT2D eigenvalue weighted by Crippen LogP contribution is -2.08. The molecule has 1 nitrogen and oxygen atoms in total. The zero-order valence-corrected chi connectivity index (χ0v) is 11.9. The van der Waals surface area contributed by atoms with Gasteiger partial charge in [0.2, 0.25) is 0 Å². The summed E-state index contributed by atoms with van der Waals surface area (Å²) >= 11 is 12.2. The molecule has 0 aliphatic rings. The molecule has 0 fully saturated rings. The summed E-state index contributed by atoms with van der Waals surface area (Å²) in [5.74, 6) is 0. The number of hydrogen-bond donors (Lipinski definition) is 0. The maximum atomic E-state index is 12.6. The molecule has 17 heavy (non-hydrogen) atoms. The predicted molar refractivity (Wildman–Crippen MR) is 67.2 cm³/mol. The lowest BCUT2D eigenvalue weighted by molar-refractivity contribution is -0.140. The molecule has 0 amide bonds. The van der Waals surface area contributed by atoms with Crippen molar-refractivity contribution < 1.29 is 13.2 Å². The number of benzene rings is 1. The van der Waals surface area contributed by atoms with Gasteiger partial charge >= 0.3 is 6.18 Å². The standard InChI is InChI=1S/C10H3Br2ClF3N/c11-4-1-5-7(13)3-8(10(14,15)16)17-9(5)6(12)2-4/h1-3H. The number of nitrogens with zero attached hydrogens (tertiary/aromatic N) is 1. The summed E-state index contributed by atoms with van der Waals surface area (Å²) in [4.78, 5) is 3.57. The average Bonchev–Trinajstić information content (AvgIpc) is 2.17. The Bertz CT molecular complexity index is 598. The maximum absolute atomic E-state index is 12.6. The summed E-state index contributed by atoms with van der Waals surface area (Å²) < 4.78 is 38.8. The molecule has 0 aliphatic heterocycles. The third-order valence-electron chi connectivity index (χ3n) is 2.07. The Balaban J connectivity index is 2.83. The number of halogens is 6. The molecule has 0 saturated carbocycles. The van der Waals surface area contributed by atoms with E-state index in [4.69, 9.17) is 11.6 Å². The number of rotatable bonds is 0. The van der Waals surface area contributed by atoms with Crippen LogP contribution >= 0.6 is 43.5 Å². The largest absolute Gasteiger partial charge is 0.433 e. The zero-order chi connectivity index (χ0) is 12.8. The van der Waals surface area contributed by atoms with Crippen LogP contribution in [0.4, 0.5) is 13.2 Å². The van der Waals surface area contributed by atoms with Crippen LogP contribution in [0.15, 0.2) is 27.1 Å². The van der Waals surface area contributed by atoms with Crippen LogP contribution in [0.25, 0.3) is 10.9 Å². The van der Waals surface area contributed by atoms with E-state index in [1.165, 1.54) is 0 Å². The number of fused-ring (bicyclic) bond motifs is 1. The fourth-order valence-corrected chi connectivity index (χ4v) is 2.92. The molecule has 0 spiro atoms. The van der Waals surface area contributed by atoms with Crippen molar-refractivity contribution >= 4 is 54.4 Å². The summed E-state index contributed by atoms with van der Waals surface area (Å²) in [7, 11) is 0. The van der Waals surface area contributed by atoms with Gasteiger partial charge in [-0.3, -0.25) is 0 Å². The smallest absolute Gasteiger partial charge is 0.242 e. The Hall–Kier alpha value is -0.330. The van der Waals surface area contributed by atoms with Crippen LogP contribution in [-0.2, 0) is 6.18 Å². The third kappa shape index (κ3) is 2.58. The van der Waals surface area contributed by atoms with Gasteiger partial charge in [0.05, 0.1) is 10.5 Å². The monoisotopic (exact) mass is 387 g/mol. The van der Waals surface area contributed by atoms with Crippen molar-refractivity contribution in [2.75, 3.05) is 0 Å². The van der Waals surface area contributed by atoms with E-state index in [1.807, 2.05) is 0 Å². The van der Waals surface area contributed by atoms with Gasteiger partial charge in [0, 0.05) is 14.3 Å². The highest BCUT2D eigenvalue weighted by atomic mass is 79.9. The fourth-order valence-electron chi connectivity index (χ4n) is 1.36. The van der Waals surface area contributed by atoms with E-state index in [9.17, 15) is 13.2 Å². The topological polar surface area (TPSA) is 12.9 Å². The molecule has 0 saturated heterocycles. The van der Waals surface area contributed by atoms with Crippen molar-refractivity contribution in [2.45, 2.75) is 6.18 Å². The average molecular weight is 389 g/mol. The van der Waals surface area contributed by atoms with Crippen LogP contribution in [0.5, 0.6) is 0 Å². The molecule has 0 aliphatic carbocycles. The zero-order valence-electron chi connectivity index (χ0n) is 7.95. The van der Waals surface area contributed by atoms with Gasteiger partial charge in [0.1, 0.15) is 5.69 Å². The quantitative estimate of drug-likeness (QED) is 0.585.